The number of aryl methyl sites for hydroxylation is 3. The molecule has 10 heteroatoms. The molecule has 39 heavy (non-hydrogen) atoms. The summed E-state index contributed by atoms with van der Waals surface area (Å²) in [6, 6.07) is 11.1. The van der Waals surface area contributed by atoms with Gasteiger partial charge in [0.25, 0.3) is 10.0 Å². The zero-order chi connectivity index (χ0) is 27.7. The molecule has 0 fully saturated rings. The van der Waals surface area contributed by atoms with Crippen LogP contribution in [0.2, 0.25) is 0 Å². The molecule has 2 heterocycles. The molecule has 0 radical (unpaired) electrons. The van der Waals surface area contributed by atoms with Crippen LogP contribution < -0.4 is 4.72 Å². The molecule has 0 bridgehead atoms. The van der Waals surface area contributed by atoms with Gasteiger partial charge in [-0.3, -0.25) is 4.79 Å². The summed E-state index contributed by atoms with van der Waals surface area (Å²) < 4.78 is 51.6. The third-order valence-corrected chi connectivity index (χ3v) is 8.57. The molecule has 2 aromatic heterocycles. The molecular weight excluding hydrogens is 519 g/mol. The van der Waals surface area contributed by atoms with Crippen LogP contribution in [0.1, 0.15) is 71.4 Å². The number of carbonyl (C=O) groups is 1. The van der Waals surface area contributed by atoms with Crippen molar-refractivity contribution in [1.82, 2.24) is 14.7 Å². The first-order valence-electron chi connectivity index (χ1n) is 13.1. The Balaban J connectivity index is 1.49. The minimum absolute atomic E-state index is 0.0126. The molecule has 8 nitrogen and oxygen atoms in total. The zero-order valence-corrected chi connectivity index (χ0v) is 23.1. The number of hydrogen-bond donors (Lipinski definition) is 1. The predicted molar refractivity (Wildman–Crippen MR) is 146 cm³/mol. The molecule has 1 aliphatic carbocycles. The van der Waals surface area contributed by atoms with E-state index in [9.17, 15) is 13.2 Å². The van der Waals surface area contributed by atoms with Crippen LogP contribution in [0.15, 0.2) is 51.9 Å². The van der Waals surface area contributed by atoms with E-state index in [1.807, 2.05) is 11.5 Å². The molecule has 204 valence electrons. The Morgan fingerprint density at radius 1 is 1.10 bits per heavy atom. The van der Waals surface area contributed by atoms with Gasteiger partial charge in [0, 0.05) is 29.5 Å². The van der Waals surface area contributed by atoms with Crippen LogP contribution in [0.5, 0.6) is 0 Å². The Labute approximate surface area is 227 Å². The lowest BCUT2D eigenvalue weighted by Crippen LogP contribution is -2.15. The first-order chi connectivity index (χ1) is 18.7. The summed E-state index contributed by atoms with van der Waals surface area (Å²) >= 11 is 0. The van der Waals surface area contributed by atoms with Gasteiger partial charge in [-0.15, -0.1) is 0 Å². The summed E-state index contributed by atoms with van der Waals surface area (Å²) in [4.78, 5) is 17.7. The molecule has 1 aliphatic rings. The van der Waals surface area contributed by atoms with Crippen LogP contribution in [0, 0.1) is 19.7 Å². The standard InChI is InChI=1S/C29H31FN4O4S/c1-4-9-27-31-24-11-6-7-12-25(35)28(24)34(27)17-21-15-14-20(16-23(21)30)22-10-5-8-13-26(22)39(36,37)33-29-18(2)19(3)32-38-29/h5,8,10,13-16,33H,4,6-7,9,11-12,17H2,1-3H3. The Bertz CT molecular complexity index is 1660. The first-order valence-corrected chi connectivity index (χ1v) is 14.6. The highest BCUT2D eigenvalue weighted by molar-refractivity contribution is 7.92. The predicted octanol–water partition coefficient (Wildman–Crippen LogP) is 6.00. The van der Waals surface area contributed by atoms with Gasteiger partial charge in [-0.2, -0.15) is 0 Å². The maximum Gasteiger partial charge on any atom is 0.264 e. The quantitative estimate of drug-likeness (QED) is 0.270. The molecule has 2 aromatic carbocycles. The molecule has 0 unspecified atom stereocenters. The van der Waals surface area contributed by atoms with E-state index >= 15 is 4.39 Å². The highest BCUT2D eigenvalue weighted by Crippen LogP contribution is 2.32. The van der Waals surface area contributed by atoms with E-state index in [0.29, 0.717) is 46.5 Å². The van der Waals surface area contributed by atoms with Crippen molar-refractivity contribution < 1.29 is 22.1 Å². The number of benzene rings is 2. The number of hydrogen-bond acceptors (Lipinski definition) is 6. The largest absolute Gasteiger partial charge is 0.337 e. The van der Waals surface area contributed by atoms with Gasteiger partial charge in [0.05, 0.1) is 22.8 Å². The van der Waals surface area contributed by atoms with Crippen LogP contribution in [0.4, 0.5) is 10.3 Å². The fourth-order valence-corrected chi connectivity index (χ4v) is 6.24. The summed E-state index contributed by atoms with van der Waals surface area (Å²) in [6.07, 6.45) is 4.52. The minimum atomic E-state index is -4.05. The van der Waals surface area contributed by atoms with E-state index in [1.54, 1.807) is 44.2 Å². The third kappa shape index (κ3) is 5.25. The number of imidazole rings is 1. The Kier molecular flexibility index (Phi) is 7.40. The molecule has 4 aromatic rings. The maximum absolute atomic E-state index is 15.6. The van der Waals surface area contributed by atoms with Gasteiger partial charge in [0.2, 0.25) is 5.88 Å². The number of nitrogens with one attached hydrogen (secondary N) is 1. The fourth-order valence-electron chi connectivity index (χ4n) is 4.96. The highest BCUT2D eigenvalue weighted by atomic mass is 32.2. The molecule has 0 atom stereocenters. The van der Waals surface area contributed by atoms with Crippen LogP contribution in [-0.4, -0.2) is 28.9 Å². The number of halogens is 1. The first kappa shape index (κ1) is 26.8. The fraction of sp³-hybridized carbons (Fsp3) is 0.345. The third-order valence-electron chi connectivity index (χ3n) is 7.18. The van der Waals surface area contributed by atoms with E-state index in [1.165, 1.54) is 12.1 Å². The van der Waals surface area contributed by atoms with Crippen LogP contribution >= 0.6 is 0 Å². The van der Waals surface area contributed by atoms with E-state index < -0.39 is 15.8 Å². The van der Waals surface area contributed by atoms with Crippen molar-refractivity contribution in [1.29, 1.82) is 0 Å². The number of rotatable bonds is 8. The second-order valence-electron chi connectivity index (χ2n) is 9.92. The molecule has 5 rings (SSSR count). The number of sulfonamides is 1. The summed E-state index contributed by atoms with van der Waals surface area (Å²) in [7, 11) is -4.05. The maximum atomic E-state index is 15.6. The molecule has 0 saturated carbocycles. The van der Waals surface area contributed by atoms with Gasteiger partial charge in [-0.1, -0.05) is 42.4 Å². The number of anilines is 1. The second kappa shape index (κ2) is 10.8. The summed E-state index contributed by atoms with van der Waals surface area (Å²) in [5, 5.41) is 3.80. The van der Waals surface area contributed by atoms with Gasteiger partial charge in [0.1, 0.15) is 17.3 Å². The smallest absolute Gasteiger partial charge is 0.264 e. The SMILES string of the molecule is CCCc1nc2c(n1Cc1ccc(-c3ccccc3S(=O)(=O)Nc3onc(C)c3C)cc1F)C(=O)CCCC2. The molecule has 0 saturated heterocycles. The molecular formula is C29H31FN4O4S. The average Bonchev–Trinajstić information content (AvgIpc) is 3.34. The van der Waals surface area contributed by atoms with Crippen LogP contribution in [0.25, 0.3) is 11.1 Å². The number of fused-ring (bicyclic) bond motifs is 1. The molecule has 0 amide bonds. The Morgan fingerprint density at radius 2 is 1.87 bits per heavy atom. The lowest BCUT2D eigenvalue weighted by molar-refractivity contribution is 0.0973. The normalized spacial score (nSPS) is 13.8. The van der Waals surface area contributed by atoms with Gasteiger partial charge in [-0.25, -0.2) is 22.5 Å². The van der Waals surface area contributed by atoms with E-state index in [2.05, 4.69) is 9.88 Å². The zero-order valence-electron chi connectivity index (χ0n) is 22.3. The van der Waals surface area contributed by atoms with Crippen LogP contribution in [-0.2, 0) is 29.4 Å². The van der Waals surface area contributed by atoms with Gasteiger partial charge in [0.15, 0.2) is 5.78 Å². The van der Waals surface area contributed by atoms with Crippen molar-refractivity contribution in [3.63, 3.8) is 0 Å². The average molecular weight is 551 g/mol. The van der Waals surface area contributed by atoms with Gasteiger partial charge < -0.3 is 9.09 Å². The molecule has 1 N–H and O–H groups in total. The lowest BCUT2D eigenvalue weighted by atomic mass is 10.0. The molecule has 0 spiro atoms. The summed E-state index contributed by atoms with van der Waals surface area (Å²) in [5.74, 6) is 0.404. The number of carbonyl (C=O) groups excluding carboxylic acids is 1. The highest BCUT2D eigenvalue weighted by Gasteiger charge is 2.26. The van der Waals surface area contributed by atoms with Crippen molar-refractivity contribution in [3.05, 3.63) is 82.3 Å². The summed E-state index contributed by atoms with van der Waals surface area (Å²) in [6.45, 7) is 5.66. The second-order valence-corrected chi connectivity index (χ2v) is 11.6. The molecule has 0 aliphatic heterocycles. The monoisotopic (exact) mass is 550 g/mol. The van der Waals surface area contributed by atoms with E-state index in [4.69, 9.17) is 9.51 Å². The van der Waals surface area contributed by atoms with Crippen molar-refractivity contribution in [2.75, 3.05) is 4.72 Å². The number of aromatic nitrogens is 3. The lowest BCUT2D eigenvalue weighted by Gasteiger charge is -2.14. The van der Waals surface area contributed by atoms with Crippen LogP contribution in [0.3, 0.4) is 0 Å². The van der Waals surface area contributed by atoms with Crippen molar-refractivity contribution in [2.45, 2.75) is 70.7 Å². The van der Waals surface area contributed by atoms with Gasteiger partial charge in [-0.05, 0) is 57.2 Å². The number of ketones is 1. The topological polar surface area (TPSA) is 107 Å². The van der Waals surface area contributed by atoms with Crippen molar-refractivity contribution in [2.24, 2.45) is 0 Å². The van der Waals surface area contributed by atoms with E-state index in [-0.39, 0.29) is 23.1 Å². The van der Waals surface area contributed by atoms with Crippen molar-refractivity contribution >= 4 is 21.7 Å². The Hall–Kier alpha value is -3.79. The van der Waals surface area contributed by atoms with Gasteiger partial charge >= 0.3 is 0 Å². The van der Waals surface area contributed by atoms with Crippen molar-refractivity contribution in [3.8, 4) is 11.1 Å². The minimum Gasteiger partial charge on any atom is -0.337 e. The summed E-state index contributed by atoms with van der Waals surface area (Å²) in [5.41, 5.74) is 3.74. The number of Topliss-reactive ketones (excluding diaryl/α,β-unsaturated/α-hetero) is 1. The van der Waals surface area contributed by atoms with E-state index in [0.717, 1.165) is 37.2 Å². The number of nitrogens with zero attached hydrogens (tertiary/aromatic N) is 3. The Morgan fingerprint density at radius 3 is 2.59 bits per heavy atom.